The van der Waals surface area contributed by atoms with Gasteiger partial charge in [-0.05, 0) is 40.4 Å². The topological polar surface area (TPSA) is 91.6 Å². The summed E-state index contributed by atoms with van der Waals surface area (Å²) < 4.78 is 5.09. The van der Waals surface area contributed by atoms with Crippen LogP contribution in [0.5, 0.6) is 0 Å². The molecule has 3 aromatic heterocycles. The third kappa shape index (κ3) is 3.98. The normalized spacial score (nSPS) is 13.2. The van der Waals surface area contributed by atoms with Gasteiger partial charge in [-0.3, -0.25) is 9.59 Å². The lowest BCUT2D eigenvalue weighted by Gasteiger charge is -2.26. The molecule has 6 nitrogen and oxygen atoms in total. The van der Waals surface area contributed by atoms with E-state index in [9.17, 15) is 14.7 Å². The zero-order valence-electron chi connectivity index (χ0n) is 13.1. The minimum atomic E-state index is -1.37. The summed E-state index contributed by atoms with van der Waals surface area (Å²) in [7, 11) is 0. The van der Waals surface area contributed by atoms with Crippen molar-refractivity contribution in [2.75, 3.05) is 6.54 Å². The first-order valence-corrected chi connectivity index (χ1v) is 9.29. The van der Waals surface area contributed by atoms with Gasteiger partial charge >= 0.3 is 11.8 Å². The van der Waals surface area contributed by atoms with E-state index in [1.807, 2.05) is 22.2 Å². The zero-order valence-corrected chi connectivity index (χ0v) is 14.7. The number of aliphatic hydroxyl groups is 1. The van der Waals surface area contributed by atoms with E-state index in [-0.39, 0.29) is 13.1 Å². The summed E-state index contributed by atoms with van der Waals surface area (Å²) in [4.78, 5) is 24.6. The third-order valence-electron chi connectivity index (χ3n) is 3.64. The van der Waals surface area contributed by atoms with Gasteiger partial charge in [0.05, 0.1) is 19.4 Å². The summed E-state index contributed by atoms with van der Waals surface area (Å²) in [5.74, 6) is -1.04. The van der Waals surface area contributed by atoms with Crippen LogP contribution in [0.2, 0.25) is 0 Å². The number of carbonyl (C=O) groups is 2. The summed E-state index contributed by atoms with van der Waals surface area (Å²) in [5.41, 5.74) is -0.693. The van der Waals surface area contributed by atoms with Crippen molar-refractivity contribution in [3.8, 4) is 0 Å². The lowest BCUT2D eigenvalue weighted by molar-refractivity contribution is -0.139. The van der Waals surface area contributed by atoms with Crippen LogP contribution in [0, 0.1) is 0 Å². The second-order valence-electron chi connectivity index (χ2n) is 5.29. The van der Waals surface area contributed by atoms with Crippen LogP contribution in [-0.2, 0) is 21.7 Å². The standard InChI is InChI=1S/C17H16N2O4S2/c20-15(18-9-13-3-1-6-23-13)16(21)19-11-17(22,12-5-8-24-10-12)14-4-2-7-25-14/h1-8,10,22H,9,11H2,(H,18,20)(H,19,21)/t17-/m0/s1. The molecule has 3 N–H and O–H groups in total. The molecule has 8 heteroatoms. The molecule has 3 rings (SSSR count). The van der Waals surface area contributed by atoms with E-state index in [1.165, 1.54) is 28.9 Å². The number of thiophene rings is 2. The van der Waals surface area contributed by atoms with E-state index in [0.717, 1.165) is 0 Å². The molecule has 1 atom stereocenters. The molecule has 0 fully saturated rings. The van der Waals surface area contributed by atoms with Gasteiger partial charge in [-0.25, -0.2) is 0 Å². The first kappa shape index (κ1) is 17.4. The predicted octanol–water partition coefficient (Wildman–Crippen LogP) is 2.07. The quantitative estimate of drug-likeness (QED) is 0.575. The highest BCUT2D eigenvalue weighted by molar-refractivity contribution is 7.10. The lowest BCUT2D eigenvalue weighted by atomic mass is 9.94. The average Bonchev–Trinajstić information content (AvgIpc) is 3.38. The molecular weight excluding hydrogens is 360 g/mol. The van der Waals surface area contributed by atoms with Crippen LogP contribution >= 0.6 is 22.7 Å². The van der Waals surface area contributed by atoms with Gasteiger partial charge in [-0.1, -0.05) is 6.07 Å². The molecule has 0 bridgehead atoms. The average molecular weight is 376 g/mol. The molecule has 3 heterocycles. The number of hydrogen-bond acceptors (Lipinski definition) is 6. The summed E-state index contributed by atoms with van der Waals surface area (Å²) in [5, 5.41) is 21.6. The Morgan fingerprint density at radius 2 is 1.96 bits per heavy atom. The highest BCUT2D eigenvalue weighted by Gasteiger charge is 2.34. The highest BCUT2D eigenvalue weighted by Crippen LogP contribution is 2.33. The van der Waals surface area contributed by atoms with Gasteiger partial charge < -0.3 is 20.2 Å². The van der Waals surface area contributed by atoms with E-state index in [0.29, 0.717) is 16.2 Å². The van der Waals surface area contributed by atoms with Crippen molar-refractivity contribution in [3.63, 3.8) is 0 Å². The van der Waals surface area contributed by atoms with E-state index < -0.39 is 17.4 Å². The molecule has 0 aromatic carbocycles. The van der Waals surface area contributed by atoms with Gasteiger partial charge in [0.25, 0.3) is 0 Å². The molecule has 0 aliphatic carbocycles. The van der Waals surface area contributed by atoms with Crippen molar-refractivity contribution in [2.45, 2.75) is 12.1 Å². The number of hydrogen-bond donors (Lipinski definition) is 3. The first-order valence-electron chi connectivity index (χ1n) is 7.47. The number of carbonyl (C=O) groups excluding carboxylic acids is 2. The Morgan fingerprint density at radius 1 is 1.12 bits per heavy atom. The van der Waals surface area contributed by atoms with Gasteiger partial charge in [0.2, 0.25) is 0 Å². The minimum Gasteiger partial charge on any atom is -0.467 e. The van der Waals surface area contributed by atoms with Gasteiger partial charge in [0.15, 0.2) is 0 Å². The van der Waals surface area contributed by atoms with E-state index >= 15 is 0 Å². The van der Waals surface area contributed by atoms with Crippen molar-refractivity contribution >= 4 is 34.5 Å². The Kier molecular flexibility index (Phi) is 5.32. The van der Waals surface area contributed by atoms with Crippen LogP contribution in [0.4, 0.5) is 0 Å². The van der Waals surface area contributed by atoms with Crippen molar-refractivity contribution in [1.82, 2.24) is 10.6 Å². The predicted molar refractivity (Wildman–Crippen MR) is 95.2 cm³/mol. The minimum absolute atomic E-state index is 0.0999. The van der Waals surface area contributed by atoms with Crippen LogP contribution in [0.15, 0.2) is 57.2 Å². The number of amides is 2. The molecule has 2 amide bonds. The zero-order chi connectivity index (χ0) is 17.7. The smallest absolute Gasteiger partial charge is 0.309 e. The van der Waals surface area contributed by atoms with Gasteiger partial charge in [0, 0.05) is 10.4 Å². The number of furan rings is 1. The second kappa shape index (κ2) is 7.64. The van der Waals surface area contributed by atoms with Gasteiger partial charge in [-0.2, -0.15) is 11.3 Å². The van der Waals surface area contributed by atoms with Crippen LogP contribution in [-0.4, -0.2) is 23.5 Å². The Labute approximate surface area is 152 Å². The van der Waals surface area contributed by atoms with Crippen LogP contribution in [0.1, 0.15) is 16.2 Å². The summed E-state index contributed by atoms with van der Waals surface area (Å²) in [6.45, 7) is 0.0240. The van der Waals surface area contributed by atoms with Crippen molar-refractivity contribution in [3.05, 3.63) is 68.9 Å². The maximum atomic E-state index is 12.0. The monoisotopic (exact) mass is 376 g/mol. The Balaban J connectivity index is 1.63. The third-order valence-corrected chi connectivity index (χ3v) is 5.35. The van der Waals surface area contributed by atoms with Crippen molar-refractivity contribution < 1.29 is 19.1 Å². The number of rotatable bonds is 6. The molecule has 130 valence electrons. The molecular formula is C17H16N2O4S2. The molecule has 0 aliphatic heterocycles. The van der Waals surface area contributed by atoms with Crippen LogP contribution in [0.25, 0.3) is 0 Å². The first-order chi connectivity index (χ1) is 12.1. The molecule has 0 radical (unpaired) electrons. The van der Waals surface area contributed by atoms with Gasteiger partial charge in [-0.15, -0.1) is 11.3 Å². The summed E-state index contributed by atoms with van der Waals surface area (Å²) >= 11 is 2.84. The fourth-order valence-electron chi connectivity index (χ4n) is 2.29. The molecule has 0 saturated heterocycles. The molecule has 0 saturated carbocycles. The maximum Gasteiger partial charge on any atom is 0.309 e. The molecule has 0 aliphatic rings. The van der Waals surface area contributed by atoms with Crippen molar-refractivity contribution in [1.29, 1.82) is 0 Å². The van der Waals surface area contributed by atoms with Crippen molar-refractivity contribution in [2.24, 2.45) is 0 Å². The largest absolute Gasteiger partial charge is 0.467 e. The van der Waals surface area contributed by atoms with E-state index in [2.05, 4.69) is 10.6 Å². The Hall–Kier alpha value is -2.42. The molecule has 0 unspecified atom stereocenters. The van der Waals surface area contributed by atoms with Gasteiger partial charge in [0.1, 0.15) is 11.4 Å². The molecule has 25 heavy (non-hydrogen) atoms. The Bertz CT molecular complexity index is 777. The SMILES string of the molecule is O=C(NCc1ccco1)C(=O)NC[C@](O)(c1ccsc1)c1cccs1. The second-order valence-corrected chi connectivity index (χ2v) is 7.02. The lowest BCUT2D eigenvalue weighted by Crippen LogP contribution is -2.46. The molecule has 0 spiro atoms. The van der Waals surface area contributed by atoms with E-state index in [1.54, 1.807) is 24.3 Å². The summed E-state index contributed by atoms with van der Waals surface area (Å²) in [6, 6.07) is 8.82. The fraction of sp³-hybridized carbons (Fsp3) is 0.176. The van der Waals surface area contributed by atoms with Crippen LogP contribution < -0.4 is 10.6 Å². The van der Waals surface area contributed by atoms with Crippen LogP contribution in [0.3, 0.4) is 0 Å². The molecule has 3 aromatic rings. The highest BCUT2D eigenvalue weighted by atomic mass is 32.1. The maximum absolute atomic E-state index is 12.0. The number of nitrogens with one attached hydrogen (secondary N) is 2. The fourth-order valence-corrected chi connectivity index (χ4v) is 3.86. The summed E-state index contributed by atoms with van der Waals surface area (Å²) in [6.07, 6.45) is 1.49. The van der Waals surface area contributed by atoms with E-state index in [4.69, 9.17) is 4.42 Å². The Morgan fingerprint density at radius 3 is 2.60 bits per heavy atom.